The molecule has 0 fully saturated rings. The molecule has 0 aliphatic heterocycles. The maximum atomic E-state index is 11.2. The summed E-state index contributed by atoms with van der Waals surface area (Å²) in [6, 6.07) is 0. The van der Waals surface area contributed by atoms with Gasteiger partial charge in [0, 0.05) is 19.4 Å². The van der Waals surface area contributed by atoms with Crippen LogP contribution in [0.2, 0.25) is 0 Å². The molecule has 1 aromatic heterocycles. The second-order valence-electron chi connectivity index (χ2n) is 2.72. The lowest BCUT2D eigenvalue weighted by molar-refractivity contribution is -0.115. The summed E-state index contributed by atoms with van der Waals surface area (Å²) in [5, 5.41) is 5.41. The van der Waals surface area contributed by atoms with Crippen LogP contribution in [-0.4, -0.2) is 28.5 Å². The predicted octanol–water partition coefficient (Wildman–Crippen LogP) is -0.419. The molecule has 1 heterocycles. The molecule has 1 amide bonds. The number of hydrogen-bond acceptors (Lipinski definition) is 3. The molecule has 0 unspecified atom stereocenters. The number of imidazole rings is 1. The lowest BCUT2D eigenvalue weighted by Gasteiger charge is -2.04. The van der Waals surface area contributed by atoms with E-state index in [0.717, 1.165) is 0 Å². The highest BCUT2D eigenvalue weighted by atomic mass is 16.2. The first-order valence-corrected chi connectivity index (χ1v) is 4.15. The Labute approximate surface area is 82.5 Å². The van der Waals surface area contributed by atoms with Gasteiger partial charge in [-0.3, -0.25) is 15.4 Å². The third-order valence-corrected chi connectivity index (χ3v) is 1.59. The normalized spacial score (nSPS) is 9.43. The van der Waals surface area contributed by atoms with Gasteiger partial charge in [0.2, 0.25) is 11.9 Å². The number of carbonyl (C=O) groups is 1. The first-order valence-electron chi connectivity index (χ1n) is 4.15. The maximum absolute atomic E-state index is 11.2. The summed E-state index contributed by atoms with van der Waals surface area (Å²) in [5.74, 6) is 2.75. The Kier molecular flexibility index (Phi) is 3.70. The number of hydrogen-bond donors (Lipinski definition) is 2. The summed E-state index contributed by atoms with van der Waals surface area (Å²) in [5.41, 5.74) is 0. The predicted molar refractivity (Wildman–Crippen MR) is 53.5 cm³/mol. The minimum Gasteiger partial charge on any atom is -0.320 e. The lowest BCUT2D eigenvalue weighted by Crippen LogP contribution is -2.29. The van der Waals surface area contributed by atoms with Gasteiger partial charge in [0.15, 0.2) is 0 Å². The fraction of sp³-hybridized carbons (Fsp3) is 0.333. The Balaban J connectivity index is 2.35. The van der Waals surface area contributed by atoms with E-state index in [9.17, 15) is 4.79 Å². The molecule has 0 aromatic carbocycles. The number of terminal acetylenes is 1. The molecule has 2 N–H and O–H groups in total. The molecule has 74 valence electrons. The lowest BCUT2D eigenvalue weighted by atomic mass is 10.5. The summed E-state index contributed by atoms with van der Waals surface area (Å²) in [4.78, 5) is 15.2. The highest BCUT2D eigenvalue weighted by molar-refractivity contribution is 5.90. The van der Waals surface area contributed by atoms with Crippen LogP contribution in [0.3, 0.4) is 0 Å². The summed E-state index contributed by atoms with van der Waals surface area (Å²) in [6.07, 6.45) is 8.38. The second-order valence-corrected chi connectivity index (χ2v) is 2.72. The minimum atomic E-state index is -0.158. The van der Waals surface area contributed by atoms with Crippen molar-refractivity contribution in [3.8, 4) is 12.3 Å². The molecule has 5 nitrogen and oxygen atoms in total. The molecule has 0 saturated heterocycles. The Morgan fingerprint density at radius 2 is 2.57 bits per heavy atom. The number of nitrogens with zero attached hydrogens (tertiary/aromatic N) is 2. The third kappa shape index (κ3) is 2.92. The van der Waals surface area contributed by atoms with Crippen molar-refractivity contribution in [1.29, 1.82) is 0 Å². The molecular formula is C9H12N4O. The zero-order valence-corrected chi connectivity index (χ0v) is 7.95. The van der Waals surface area contributed by atoms with Crippen molar-refractivity contribution < 1.29 is 4.79 Å². The van der Waals surface area contributed by atoms with Crippen molar-refractivity contribution in [3.63, 3.8) is 0 Å². The van der Waals surface area contributed by atoms with Crippen molar-refractivity contribution >= 4 is 11.9 Å². The molecule has 14 heavy (non-hydrogen) atoms. The van der Waals surface area contributed by atoms with E-state index < -0.39 is 0 Å². The van der Waals surface area contributed by atoms with Crippen molar-refractivity contribution in [2.75, 3.05) is 18.4 Å². The van der Waals surface area contributed by atoms with Gasteiger partial charge in [-0.15, -0.1) is 6.42 Å². The standard InChI is InChI=1S/C9H12N4O/c1-3-4-10-7-8(14)12-9-11-5-6-13(9)2/h1,5-6,10H,4,7H2,2H3,(H,11,12,14). The van der Waals surface area contributed by atoms with Crippen molar-refractivity contribution in [2.24, 2.45) is 7.05 Å². The zero-order chi connectivity index (χ0) is 10.4. The number of amides is 1. The number of aromatic nitrogens is 2. The molecule has 0 aliphatic carbocycles. The van der Waals surface area contributed by atoms with Gasteiger partial charge in [-0.05, 0) is 0 Å². The molecule has 0 aliphatic rings. The van der Waals surface area contributed by atoms with Crippen LogP contribution in [0, 0.1) is 12.3 Å². The highest BCUT2D eigenvalue weighted by Gasteiger charge is 2.03. The van der Waals surface area contributed by atoms with E-state index in [1.165, 1.54) is 0 Å². The molecule has 1 aromatic rings. The third-order valence-electron chi connectivity index (χ3n) is 1.59. The first kappa shape index (κ1) is 10.3. The van der Waals surface area contributed by atoms with E-state index >= 15 is 0 Å². The van der Waals surface area contributed by atoms with Gasteiger partial charge in [-0.25, -0.2) is 4.98 Å². The number of carbonyl (C=O) groups excluding carboxylic acids is 1. The molecule has 0 atom stereocenters. The van der Waals surface area contributed by atoms with Crippen LogP contribution in [0.15, 0.2) is 12.4 Å². The zero-order valence-electron chi connectivity index (χ0n) is 7.95. The van der Waals surface area contributed by atoms with Crippen LogP contribution >= 0.6 is 0 Å². The van der Waals surface area contributed by atoms with Crippen molar-refractivity contribution in [1.82, 2.24) is 14.9 Å². The van der Waals surface area contributed by atoms with Gasteiger partial charge in [-0.2, -0.15) is 0 Å². The van der Waals surface area contributed by atoms with Crippen LogP contribution in [-0.2, 0) is 11.8 Å². The van der Waals surface area contributed by atoms with Gasteiger partial charge in [-0.1, -0.05) is 5.92 Å². The molecule has 1 rings (SSSR count). The van der Waals surface area contributed by atoms with Crippen LogP contribution in [0.5, 0.6) is 0 Å². The Morgan fingerprint density at radius 3 is 3.14 bits per heavy atom. The monoisotopic (exact) mass is 192 g/mol. The largest absolute Gasteiger partial charge is 0.320 e. The smallest absolute Gasteiger partial charge is 0.240 e. The van der Waals surface area contributed by atoms with Crippen LogP contribution in [0.1, 0.15) is 0 Å². The number of anilines is 1. The van der Waals surface area contributed by atoms with E-state index in [2.05, 4.69) is 21.5 Å². The summed E-state index contributed by atoms with van der Waals surface area (Å²) >= 11 is 0. The average Bonchev–Trinajstić information content (AvgIpc) is 2.52. The number of rotatable bonds is 4. The van der Waals surface area contributed by atoms with Gasteiger partial charge in [0.25, 0.3) is 0 Å². The maximum Gasteiger partial charge on any atom is 0.240 e. The van der Waals surface area contributed by atoms with Gasteiger partial charge in [0.1, 0.15) is 0 Å². The van der Waals surface area contributed by atoms with Crippen LogP contribution in [0.4, 0.5) is 5.95 Å². The molecule has 0 radical (unpaired) electrons. The van der Waals surface area contributed by atoms with E-state index in [1.807, 2.05) is 0 Å². The van der Waals surface area contributed by atoms with Crippen molar-refractivity contribution in [2.45, 2.75) is 0 Å². The fourth-order valence-electron chi connectivity index (χ4n) is 0.903. The topological polar surface area (TPSA) is 59.0 Å². The fourth-order valence-corrected chi connectivity index (χ4v) is 0.903. The van der Waals surface area contributed by atoms with Gasteiger partial charge >= 0.3 is 0 Å². The Hall–Kier alpha value is -1.80. The Bertz CT molecular complexity index is 350. The molecule has 5 heteroatoms. The minimum absolute atomic E-state index is 0.158. The van der Waals surface area contributed by atoms with Crippen molar-refractivity contribution in [3.05, 3.63) is 12.4 Å². The van der Waals surface area contributed by atoms with Gasteiger partial charge in [0.05, 0.1) is 13.1 Å². The summed E-state index contributed by atoms with van der Waals surface area (Å²) in [7, 11) is 1.80. The molecule has 0 bridgehead atoms. The van der Waals surface area contributed by atoms with Gasteiger partial charge < -0.3 is 4.57 Å². The molecular weight excluding hydrogens is 180 g/mol. The van der Waals surface area contributed by atoms with E-state index in [-0.39, 0.29) is 12.5 Å². The first-order chi connectivity index (χ1) is 6.74. The second kappa shape index (κ2) is 5.04. The summed E-state index contributed by atoms with van der Waals surface area (Å²) < 4.78 is 1.72. The van der Waals surface area contributed by atoms with E-state index in [4.69, 9.17) is 6.42 Å². The SMILES string of the molecule is C#CCNCC(=O)Nc1nccn1C. The summed E-state index contributed by atoms with van der Waals surface area (Å²) in [6.45, 7) is 0.574. The molecule has 0 spiro atoms. The van der Waals surface area contributed by atoms with E-state index in [1.54, 1.807) is 24.0 Å². The quantitative estimate of drug-likeness (QED) is 0.503. The van der Waals surface area contributed by atoms with Crippen LogP contribution < -0.4 is 10.6 Å². The highest BCUT2D eigenvalue weighted by Crippen LogP contribution is 1.99. The Morgan fingerprint density at radius 1 is 1.79 bits per heavy atom. The van der Waals surface area contributed by atoms with E-state index in [0.29, 0.717) is 12.5 Å². The van der Waals surface area contributed by atoms with Crippen LogP contribution in [0.25, 0.3) is 0 Å². The number of aryl methyl sites for hydroxylation is 1. The number of nitrogens with one attached hydrogen (secondary N) is 2. The average molecular weight is 192 g/mol. The molecule has 0 saturated carbocycles.